The molecule has 11 heavy (non-hydrogen) atoms. The molecule has 0 saturated heterocycles. The molecule has 0 aliphatic carbocycles. The first kappa shape index (κ1) is 10.9. The minimum atomic E-state index is -1.12. The molecule has 0 rings (SSSR count). The van der Waals surface area contributed by atoms with E-state index < -0.39 is 5.67 Å². The fraction of sp³-hybridized carbons (Fsp3) is 1.00. The highest BCUT2D eigenvalue weighted by atomic mass is 19.1. The highest BCUT2D eigenvalue weighted by Crippen LogP contribution is 2.47. The van der Waals surface area contributed by atoms with Crippen LogP contribution in [0.3, 0.4) is 0 Å². The van der Waals surface area contributed by atoms with Crippen molar-refractivity contribution in [1.29, 1.82) is 0 Å². The molecule has 0 N–H and O–H groups in total. The van der Waals surface area contributed by atoms with Gasteiger partial charge in [-0.1, -0.05) is 34.6 Å². The van der Waals surface area contributed by atoms with Crippen molar-refractivity contribution in [2.45, 2.75) is 54.1 Å². The van der Waals surface area contributed by atoms with Crippen molar-refractivity contribution in [3.63, 3.8) is 0 Å². The van der Waals surface area contributed by atoms with Crippen LogP contribution >= 0.6 is 0 Å². The van der Waals surface area contributed by atoms with Crippen LogP contribution in [0.15, 0.2) is 0 Å². The topological polar surface area (TPSA) is 0 Å². The van der Waals surface area contributed by atoms with Crippen LogP contribution in [-0.2, 0) is 0 Å². The van der Waals surface area contributed by atoms with E-state index in [2.05, 4.69) is 20.8 Å². The minimum absolute atomic E-state index is 0.00521. The monoisotopic (exact) mass is 160 g/mol. The second kappa shape index (κ2) is 2.46. The standard InChI is InChI=1S/C10H21F/c1-8(2,3)9(4,5)10(6,7)11/h1-7H3. The summed E-state index contributed by atoms with van der Waals surface area (Å²) in [6.45, 7) is 13.5. The van der Waals surface area contributed by atoms with Gasteiger partial charge in [-0.3, -0.25) is 0 Å². The lowest BCUT2D eigenvalue weighted by Crippen LogP contribution is -2.44. The van der Waals surface area contributed by atoms with E-state index in [1.54, 1.807) is 13.8 Å². The van der Waals surface area contributed by atoms with Crippen molar-refractivity contribution >= 4 is 0 Å². The Kier molecular flexibility index (Phi) is 2.45. The Bertz CT molecular complexity index is 116. The van der Waals surface area contributed by atoms with E-state index >= 15 is 0 Å². The van der Waals surface area contributed by atoms with Crippen molar-refractivity contribution in [2.24, 2.45) is 10.8 Å². The van der Waals surface area contributed by atoms with Gasteiger partial charge in [0.25, 0.3) is 0 Å². The molecule has 0 aliphatic heterocycles. The van der Waals surface area contributed by atoms with Crippen LogP contribution in [0.5, 0.6) is 0 Å². The Morgan fingerprint density at radius 1 is 0.727 bits per heavy atom. The summed E-state index contributed by atoms with van der Waals surface area (Å²) < 4.78 is 13.7. The number of hydrogen-bond acceptors (Lipinski definition) is 0. The van der Waals surface area contributed by atoms with Gasteiger partial charge in [-0.2, -0.15) is 0 Å². The van der Waals surface area contributed by atoms with E-state index in [1.165, 1.54) is 0 Å². The summed E-state index contributed by atoms with van der Waals surface area (Å²) in [5.41, 5.74) is -1.41. The van der Waals surface area contributed by atoms with Gasteiger partial charge in [0, 0.05) is 5.41 Å². The number of halogens is 1. The number of alkyl halides is 1. The first-order valence-electron chi connectivity index (χ1n) is 4.19. The summed E-state index contributed by atoms with van der Waals surface area (Å²) in [6.07, 6.45) is 0. The number of hydrogen-bond donors (Lipinski definition) is 0. The molecule has 0 amide bonds. The van der Waals surface area contributed by atoms with E-state index in [-0.39, 0.29) is 10.8 Å². The average Bonchev–Trinajstić information content (AvgIpc) is 1.58. The van der Waals surface area contributed by atoms with Gasteiger partial charge in [-0.25, -0.2) is 4.39 Å². The van der Waals surface area contributed by atoms with Crippen molar-refractivity contribution in [3.05, 3.63) is 0 Å². The molecule has 0 nitrogen and oxygen atoms in total. The summed E-state index contributed by atoms with van der Waals surface area (Å²) in [7, 11) is 0. The molecular weight excluding hydrogens is 139 g/mol. The van der Waals surface area contributed by atoms with Gasteiger partial charge in [-0.05, 0) is 19.3 Å². The van der Waals surface area contributed by atoms with Crippen molar-refractivity contribution in [1.82, 2.24) is 0 Å². The second-order valence-electron chi connectivity index (χ2n) is 5.35. The van der Waals surface area contributed by atoms with E-state index in [9.17, 15) is 4.39 Å². The maximum atomic E-state index is 13.7. The Morgan fingerprint density at radius 2 is 1.00 bits per heavy atom. The summed E-state index contributed by atoms with van der Waals surface area (Å²) in [5, 5.41) is 0. The van der Waals surface area contributed by atoms with Crippen LogP contribution in [-0.4, -0.2) is 5.67 Å². The molecule has 0 heterocycles. The number of rotatable bonds is 1. The van der Waals surface area contributed by atoms with Crippen LogP contribution in [0.1, 0.15) is 48.5 Å². The first-order valence-corrected chi connectivity index (χ1v) is 4.19. The molecule has 0 unspecified atom stereocenters. The molecule has 0 saturated carbocycles. The highest BCUT2D eigenvalue weighted by molar-refractivity contribution is 4.94. The Hall–Kier alpha value is -0.0700. The van der Waals surface area contributed by atoms with Gasteiger partial charge in [0.1, 0.15) is 5.67 Å². The third kappa shape index (κ3) is 1.94. The summed E-state index contributed by atoms with van der Waals surface area (Å²) in [5.74, 6) is 0. The summed E-state index contributed by atoms with van der Waals surface area (Å²) in [4.78, 5) is 0. The Balaban J connectivity index is 4.75. The normalized spacial score (nSPS) is 15.3. The van der Waals surface area contributed by atoms with Crippen LogP contribution in [0.4, 0.5) is 4.39 Å². The van der Waals surface area contributed by atoms with Gasteiger partial charge in [-0.15, -0.1) is 0 Å². The molecule has 1 heteroatoms. The molecule has 0 aliphatic rings. The molecule has 0 aromatic rings. The molecule has 0 spiro atoms. The zero-order valence-corrected chi connectivity index (χ0v) is 8.88. The Morgan fingerprint density at radius 3 is 1.00 bits per heavy atom. The van der Waals surface area contributed by atoms with E-state index in [0.717, 1.165) is 0 Å². The van der Waals surface area contributed by atoms with Gasteiger partial charge in [0.15, 0.2) is 0 Å². The SMILES string of the molecule is CC(C)(C)C(C)(C)C(C)(C)F. The maximum absolute atomic E-state index is 13.7. The van der Waals surface area contributed by atoms with Crippen LogP contribution < -0.4 is 0 Å². The van der Waals surface area contributed by atoms with Crippen molar-refractivity contribution < 1.29 is 4.39 Å². The minimum Gasteiger partial charge on any atom is -0.244 e. The largest absolute Gasteiger partial charge is 0.244 e. The second-order valence-corrected chi connectivity index (χ2v) is 5.35. The van der Waals surface area contributed by atoms with Crippen LogP contribution in [0.25, 0.3) is 0 Å². The predicted octanol–water partition coefficient (Wildman–Crippen LogP) is 3.81. The molecule has 0 fully saturated rings. The maximum Gasteiger partial charge on any atom is 0.111 e. The highest BCUT2D eigenvalue weighted by Gasteiger charge is 2.45. The fourth-order valence-electron chi connectivity index (χ4n) is 0.892. The molecule has 0 aromatic heterocycles. The molecule has 0 aromatic carbocycles. The van der Waals surface area contributed by atoms with Gasteiger partial charge < -0.3 is 0 Å². The van der Waals surface area contributed by atoms with E-state index in [4.69, 9.17) is 0 Å². The summed E-state index contributed by atoms with van der Waals surface area (Å²) >= 11 is 0. The van der Waals surface area contributed by atoms with Gasteiger partial charge in [0.2, 0.25) is 0 Å². The molecule has 68 valence electrons. The van der Waals surface area contributed by atoms with Gasteiger partial charge in [0.05, 0.1) is 0 Å². The Labute approximate surface area is 70.2 Å². The predicted molar refractivity (Wildman–Crippen MR) is 48.4 cm³/mol. The van der Waals surface area contributed by atoms with E-state index in [1.807, 2.05) is 13.8 Å². The molecule has 0 bridgehead atoms. The molecule has 0 radical (unpaired) electrons. The fourth-order valence-corrected chi connectivity index (χ4v) is 0.892. The quantitative estimate of drug-likeness (QED) is 0.547. The third-order valence-corrected chi connectivity index (χ3v) is 3.36. The smallest absolute Gasteiger partial charge is 0.111 e. The molecule has 0 atom stereocenters. The summed E-state index contributed by atoms with van der Waals surface area (Å²) in [6, 6.07) is 0. The first-order chi connectivity index (χ1) is 4.50. The molecular formula is C10H21F. The third-order valence-electron chi connectivity index (χ3n) is 3.36. The zero-order valence-electron chi connectivity index (χ0n) is 8.88. The average molecular weight is 160 g/mol. The van der Waals surface area contributed by atoms with Crippen molar-refractivity contribution in [2.75, 3.05) is 0 Å². The lowest BCUT2D eigenvalue weighted by Gasteiger charge is -2.45. The van der Waals surface area contributed by atoms with Crippen LogP contribution in [0, 0.1) is 10.8 Å². The van der Waals surface area contributed by atoms with Crippen molar-refractivity contribution in [3.8, 4) is 0 Å². The lowest BCUT2D eigenvalue weighted by molar-refractivity contribution is -0.0345. The van der Waals surface area contributed by atoms with E-state index in [0.29, 0.717) is 0 Å². The zero-order chi connectivity index (χ0) is 9.50. The van der Waals surface area contributed by atoms with Crippen LogP contribution in [0.2, 0.25) is 0 Å². The lowest BCUT2D eigenvalue weighted by atomic mass is 9.62. The van der Waals surface area contributed by atoms with Gasteiger partial charge >= 0.3 is 0 Å².